The van der Waals surface area contributed by atoms with Crippen molar-refractivity contribution >= 4 is 6.03 Å². The van der Waals surface area contributed by atoms with E-state index in [0.717, 1.165) is 41.9 Å². The number of para-hydroxylation sites is 1. The number of nitrogens with one attached hydrogen (secondary N) is 2. The van der Waals surface area contributed by atoms with Crippen molar-refractivity contribution < 1.29 is 14.3 Å². The van der Waals surface area contributed by atoms with Gasteiger partial charge in [0.15, 0.2) is 0 Å². The Kier molecular flexibility index (Phi) is 4.68. The van der Waals surface area contributed by atoms with E-state index >= 15 is 0 Å². The number of benzene rings is 2. The Balaban J connectivity index is 1.44. The molecule has 142 valence electrons. The average molecular weight is 366 g/mol. The highest BCUT2D eigenvalue weighted by Crippen LogP contribution is 2.42. The number of urea groups is 1. The number of methoxy groups -OCH3 is 1. The summed E-state index contributed by atoms with van der Waals surface area (Å²) in [6, 6.07) is 15.9. The molecule has 0 radical (unpaired) electrons. The molecule has 2 unspecified atom stereocenters. The lowest BCUT2D eigenvalue weighted by atomic mass is 9.72. The van der Waals surface area contributed by atoms with Crippen LogP contribution in [0.1, 0.15) is 43.2 Å². The second-order valence-electron chi connectivity index (χ2n) is 7.51. The largest absolute Gasteiger partial charge is 0.497 e. The molecular weight excluding hydrogens is 340 g/mol. The summed E-state index contributed by atoms with van der Waals surface area (Å²) in [7, 11) is 1.66. The third kappa shape index (κ3) is 3.34. The van der Waals surface area contributed by atoms with Gasteiger partial charge in [-0.2, -0.15) is 0 Å². The first-order chi connectivity index (χ1) is 13.1. The Hall–Kier alpha value is -2.69. The fourth-order valence-corrected chi connectivity index (χ4v) is 4.10. The van der Waals surface area contributed by atoms with E-state index in [1.165, 1.54) is 0 Å². The predicted octanol–water partition coefficient (Wildman–Crippen LogP) is 3.94. The van der Waals surface area contributed by atoms with E-state index in [2.05, 4.69) is 22.8 Å². The van der Waals surface area contributed by atoms with E-state index in [4.69, 9.17) is 9.47 Å². The maximum absolute atomic E-state index is 12.8. The number of hydrogen-bond acceptors (Lipinski definition) is 3. The highest BCUT2D eigenvalue weighted by Gasteiger charge is 2.41. The van der Waals surface area contributed by atoms with Gasteiger partial charge >= 0.3 is 6.03 Å². The molecule has 1 aliphatic heterocycles. The number of hydrogen-bond donors (Lipinski definition) is 2. The smallest absolute Gasteiger partial charge is 0.315 e. The summed E-state index contributed by atoms with van der Waals surface area (Å²) >= 11 is 0. The normalized spacial score (nSPS) is 20.6. The van der Waals surface area contributed by atoms with E-state index in [1.807, 2.05) is 43.3 Å². The predicted molar refractivity (Wildman–Crippen MR) is 104 cm³/mol. The van der Waals surface area contributed by atoms with Gasteiger partial charge in [0.2, 0.25) is 0 Å². The highest BCUT2D eigenvalue weighted by molar-refractivity contribution is 5.76. The van der Waals surface area contributed by atoms with Gasteiger partial charge in [0.25, 0.3) is 0 Å². The molecule has 1 aliphatic carbocycles. The summed E-state index contributed by atoms with van der Waals surface area (Å²) in [5.74, 6) is 1.90. The maximum Gasteiger partial charge on any atom is 0.315 e. The van der Waals surface area contributed by atoms with Crippen LogP contribution in [0.15, 0.2) is 48.5 Å². The lowest BCUT2D eigenvalue weighted by Crippen LogP contribution is -2.55. The van der Waals surface area contributed by atoms with E-state index in [-0.39, 0.29) is 23.5 Å². The summed E-state index contributed by atoms with van der Waals surface area (Å²) in [5.41, 5.74) is 1.96. The zero-order chi connectivity index (χ0) is 18.9. The molecule has 0 spiro atoms. The van der Waals surface area contributed by atoms with Crippen LogP contribution in [-0.4, -0.2) is 25.8 Å². The molecule has 4 rings (SSSR count). The van der Waals surface area contributed by atoms with Gasteiger partial charge in [-0.05, 0) is 49.9 Å². The molecule has 0 saturated heterocycles. The van der Waals surface area contributed by atoms with Gasteiger partial charge in [-0.15, -0.1) is 0 Å². The second-order valence-corrected chi connectivity index (χ2v) is 7.51. The van der Waals surface area contributed by atoms with Crippen LogP contribution in [0.2, 0.25) is 0 Å². The first-order valence-electron chi connectivity index (χ1n) is 9.56. The Morgan fingerprint density at radius 2 is 2.04 bits per heavy atom. The number of rotatable bonds is 5. The lowest BCUT2D eigenvalue weighted by molar-refractivity contribution is 0.173. The van der Waals surface area contributed by atoms with Gasteiger partial charge in [0, 0.05) is 17.5 Å². The van der Waals surface area contributed by atoms with Gasteiger partial charge in [-0.3, -0.25) is 0 Å². The fourth-order valence-electron chi connectivity index (χ4n) is 4.10. The lowest BCUT2D eigenvalue weighted by Gasteiger charge is -2.43. The molecule has 2 amide bonds. The van der Waals surface area contributed by atoms with Crippen molar-refractivity contribution in [3.05, 3.63) is 59.7 Å². The first kappa shape index (κ1) is 17.7. The molecule has 5 heteroatoms. The quantitative estimate of drug-likeness (QED) is 0.843. The fraction of sp³-hybridized carbons (Fsp3) is 0.409. The summed E-state index contributed by atoms with van der Waals surface area (Å²) in [4.78, 5) is 12.8. The van der Waals surface area contributed by atoms with Crippen molar-refractivity contribution in [3.63, 3.8) is 0 Å². The van der Waals surface area contributed by atoms with Crippen LogP contribution in [0, 0.1) is 0 Å². The Morgan fingerprint density at radius 3 is 2.78 bits per heavy atom. The van der Waals surface area contributed by atoms with Crippen LogP contribution < -0.4 is 20.1 Å². The molecule has 27 heavy (non-hydrogen) atoms. The van der Waals surface area contributed by atoms with Gasteiger partial charge in [0.05, 0.1) is 19.3 Å². The minimum Gasteiger partial charge on any atom is -0.497 e. The first-order valence-corrected chi connectivity index (χ1v) is 9.56. The zero-order valence-corrected chi connectivity index (χ0v) is 15.8. The van der Waals surface area contributed by atoms with Crippen molar-refractivity contribution in [3.8, 4) is 11.5 Å². The maximum atomic E-state index is 12.8. The highest BCUT2D eigenvalue weighted by atomic mass is 16.5. The number of amides is 2. The zero-order valence-electron chi connectivity index (χ0n) is 15.8. The van der Waals surface area contributed by atoms with Crippen LogP contribution in [0.5, 0.6) is 11.5 Å². The van der Waals surface area contributed by atoms with Crippen LogP contribution in [0.25, 0.3) is 0 Å². The van der Waals surface area contributed by atoms with Gasteiger partial charge < -0.3 is 20.1 Å². The molecular formula is C22H26N2O3. The number of fused-ring (bicyclic) bond motifs is 1. The third-order valence-electron chi connectivity index (χ3n) is 5.88. The van der Waals surface area contributed by atoms with E-state index < -0.39 is 0 Å². The molecule has 2 aliphatic rings. The monoisotopic (exact) mass is 366 g/mol. The summed E-state index contributed by atoms with van der Waals surface area (Å²) in [6.45, 7) is 2.64. The van der Waals surface area contributed by atoms with Gasteiger partial charge in [-0.25, -0.2) is 4.79 Å². The molecule has 1 saturated carbocycles. The van der Waals surface area contributed by atoms with Crippen molar-refractivity contribution in [2.75, 3.05) is 13.7 Å². The molecule has 1 heterocycles. The van der Waals surface area contributed by atoms with Crippen LogP contribution >= 0.6 is 0 Å². The van der Waals surface area contributed by atoms with Crippen molar-refractivity contribution in [1.29, 1.82) is 0 Å². The Bertz CT molecular complexity index is 832. The van der Waals surface area contributed by atoms with E-state index in [1.54, 1.807) is 7.11 Å². The van der Waals surface area contributed by atoms with Crippen molar-refractivity contribution in [2.24, 2.45) is 0 Å². The van der Waals surface area contributed by atoms with Gasteiger partial charge in [-0.1, -0.05) is 30.3 Å². The summed E-state index contributed by atoms with van der Waals surface area (Å²) in [6.07, 6.45) is 2.99. The van der Waals surface area contributed by atoms with Crippen LogP contribution in [0.3, 0.4) is 0 Å². The van der Waals surface area contributed by atoms with Crippen LogP contribution in [0.4, 0.5) is 4.79 Å². The molecule has 5 nitrogen and oxygen atoms in total. The van der Waals surface area contributed by atoms with Crippen LogP contribution in [-0.2, 0) is 5.54 Å². The molecule has 2 aromatic rings. The Labute approximate surface area is 160 Å². The molecule has 0 aromatic heterocycles. The second kappa shape index (κ2) is 7.14. The number of carbonyl (C=O) groups is 1. The third-order valence-corrected chi connectivity index (χ3v) is 5.88. The summed E-state index contributed by atoms with van der Waals surface area (Å²) < 4.78 is 11.1. The van der Waals surface area contributed by atoms with Gasteiger partial charge in [0.1, 0.15) is 11.5 Å². The van der Waals surface area contributed by atoms with Crippen molar-refractivity contribution in [1.82, 2.24) is 10.6 Å². The number of carbonyl (C=O) groups excluding carboxylic acids is 1. The molecule has 1 fully saturated rings. The Morgan fingerprint density at radius 1 is 1.22 bits per heavy atom. The minimum absolute atomic E-state index is 0.0175. The topological polar surface area (TPSA) is 59.6 Å². The average Bonchev–Trinajstić information content (AvgIpc) is 3.09. The van der Waals surface area contributed by atoms with Crippen molar-refractivity contribution in [2.45, 2.75) is 43.7 Å². The standard InChI is InChI=1S/C22H26N2O3/c1-15(19-14-27-20-10-4-3-9-18(19)20)23-21(25)24-22(11-6-12-22)16-7-5-8-17(13-16)26-2/h3-5,7-10,13,15,19H,6,11-12,14H2,1-2H3,(H2,23,24,25). The molecule has 2 aromatic carbocycles. The molecule has 2 N–H and O–H groups in total. The van der Waals surface area contributed by atoms with E-state index in [0.29, 0.717) is 6.61 Å². The molecule has 2 atom stereocenters. The number of ether oxygens (including phenoxy) is 2. The molecule has 0 bridgehead atoms. The minimum atomic E-state index is -0.303. The van der Waals surface area contributed by atoms with E-state index in [9.17, 15) is 4.79 Å². The SMILES string of the molecule is COc1cccc(C2(NC(=O)NC(C)C3COc4ccccc43)CCC2)c1. The summed E-state index contributed by atoms with van der Waals surface area (Å²) in [5, 5.41) is 6.35.